The second-order valence-electron chi connectivity index (χ2n) is 7.99. The lowest BCUT2D eigenvalue weighted by Crippen LogP contribution is -2.34. The molecule has 1 atom stereocenters. The number of benzene rings is 2. The number of anilines is 2. The molecule has 1 aromatic heterocycles. The number of rotatable bonds is 7. The van der Waals surface area contributed by atoms with E-state index in [-0.39, 0.29) is 11.7 Å². The van der Waals surface area contributed by atoms with Crippen LogP contribution in [0.1, 0.15) is 33.6 Å². The van der Waals surface area contributed by atoms with Crippen LogP contribution in [0.3, 0.4) is 0 Å². The van der Waals surface area contributed by atoms with Crippen molar-refractivity contribution in [3.8, 4) is 5.75 Å². The van der Waals surface area contributed by atoms with Crippen LogP contribution in [0.2, 0.25) is 5.02 Å². The molecule has 4 rings (SSSR count). The molecule has 8 nitrogen and oxygen atoms in total. The van der Waals surface area contributed by atoms with Crippen LogP contribution in [0.4, 0.5) is 11.5 Å². The van der Waals surface area contributed by atoms with E-state index in [1.807, 2.05) is 0 Å². The smallest absolute Gasteiger partial charge is 0.259 e. The van der Waals surface area contributed by atoms with Gasteiger partial charge in [0.25, 0.3) is 11.8 Å². The maximum atomic E-state index is 13.3. The Hall–Kier alpha value is -3.11. The summed E-state index contributed by atoms with van der Waals surface area (Å²) in [5.41, 5.74) is 0.900. The van der Waals surface area contributed by atoms with E-state index in [1.54, 1.807) is 60.9 Å². The molecule has 1 aliphatic rings. The van der Waals surface area contributed by atoms with Gasteiger partial charge < -0.3 is 25.2 Å². The average molecular weight is 513 g/mol. The number of pyridine rings is 1. The van der Waals surface area contributed by atoms with Gasteiger partial charge in [-0.2, -0.15) is 0 Å². The minimum absolute atomic E-state index is 0.0479. The van der Waals surface area contributed by atoms with E-state index in [0.717, 1.165) is 25.9 Å². The van der Waals surface area contributed by atoms with Gasteiger partial charge in [-0.25, -0.2) is 4.98 Å². The van der Waals surface area contributed by atoms with E-state index in [2.05, 4.69) is 20.9 Å². The molecule has 2 amide bonds. The number of carbonyl (C=O) groups is 2. The maximum Gasteiger partial charge on any atom is 0.259 e. The van der Waals surface area contributed by atoms with Crippen molar-refractivity contribution in [3.63, 3.8) is 0 Å². The van der Waals surface area contributed by atoms with Crippen molar-refractivity contribution in [1.29, 1.82) is 0 Å². The third-order valence-corrected chi connectivity index (χ3v) is 6.64. The Kier molecular flexibility index (Phi) is 8.25. The zero-order valence-electron chi connectivity index (χ0n) is 19.0. The van der Waals surface area contributed by atoms with Crippen LogP contribution in [-0.4, -0.2) is 46.8 Å². The Morgan fingerprint density at radius 2 is 1.80 bits per heavy atom. The van der Waals surface area contributed by atoms with Gasteiger partial charge in [-0.05, 0) is 73.5 Å². The average Bonchev–Trinajstić information content (AvgIpc) is 2.86. The van der Waals surface area contributed by atoms with Gasteiger partial charge in [0.15, 0.2) is 4.90 Å². The molecule has 1 unspecified atom stereocenters. The number of hydrogen-bond acceptors (Lipinski definition) is 6. The number of para-hydroxylation sites is 1. The molecule has 1 fully saturated rings. The Morgan fingerprint density at radius 1 is 1.06 bits per heavy atom. The first-order valence-electron chi connectivity index (χ1n) is 11.1. The van der Waals surface area contributed by atoms with Crippen LogP contribution in [0.15, 0.2) is 65.7 Å². The Bertz CT molecular complexity index is 1200. The summed E-state index contributed by atoms with van der Waals surface area (Å²) >= 11 is 4.63. The number of carbonyl (C=O) groups excluding carboxylic acids is 2. The molecule has 0 radical (unpaired) electrons. The molecule has 182 valence electrons. The second-order valence-corrected chi connectivity index (χ2v) is 9.81. The highest BCUT2D eigenvalue weighted by Crippen LogP contribution is 2.28. The first-order chi connectivity index (χ1) is 16.9. The normalized spacial score (nSPS) is 14.7. The summed E-state index contributed by atoms with van der Waals surface area (Å²) in [6.45, 7) is 1.66. The Balaban J connectivity index is 1.56. The molecule has 3 aromatic rings. The first-order valence-corrected chi connectivity index (χ1v) is 13.0. The van der Waals surface area contributed by atoms with E-state index in [9.17, 15) is 14.1 Å². The quantitative estimate of drug-likeness (QED) is 0.410. The number of halogens is 1. The molecule has 0 aliphatic carbocycles. The third kappa shape index (κ3) is 6.52. The zero-order chi connectivity index (χ0) is 24.8. The fraction of sp³-hybridized carbons (Fsp3) is 0.240. The summed E-state index contributed by atoms with van der Waals surface area (Å²) in [6, 6.07) is 14.8. The van der Waals surface area contributed by atoms with Crippen LogP contribution in [0.5, 0.6) is 5.75 Å². The summed E-state index contributed by atoms with van der Waals surface area (Å²) in [5, 5.41) is 9.25. The summed E-state index contributed by atoms with van der Waals surface area (Å²) in [4.78, 5) is 30.8. The van der Waals surface area contributed by atoms with Crippen molar-refractivity contribution in [2.24, 2.45) is 0 Å². The number of ether oxygens (including phenoxy) is 1. The largest absolute Gasteiger partial charge is 0.612 e. The highest BCUT2D eigenvalue weighted by Gasteiger charge is 2.22. The van der Waals surface area contributed by atoms with Gasteiger partial charge >= 0.3 is 0 Å². The van der Waals surface area contributed by atoms with E-state index in [4.69, 9.17) is 16.3 Å². The van der Waals surface area contributed by atoms with Gasteiger partial charge in [0.2, 0.25) is 0 Å². The molecule has 0 saturated carbocycles. The number of amides is 2. The van der Waals surface area contributed by atoms with Crippen molar-refractivity contribution < 1.29 is 18.9 Å². The SMILES string of the molecule is C[S+]([O-])c1ccc(C(=O)Nc2ccccc2C(=O)Nc2ccc(Cl)cn2)c(OC2CCNCC2)c1. The molecule has 10 heteroatoms. The highest BCUT2D eigenvalue weighted by molar-refractivity contribution is 7.90. The number of aromatic nitrogens is 1. The zero-order valence-corrected chi connectivity index (χ0v) is 20.6. The van der Waals surface area contributed by atoms with Crippen molar-refractivity contribution in [3.05, 3.63) is 76.9 Å². The van der Waals surface area contributed by atoms with Crippen LogP contribution < -0.4 is 20.7 Å². The van der Waals surface area contributed by atoms with Gasteiger partial charge in [0, 0.05) is 12.3 Å². The summed E-state index contributed by atoms with van der Waals surface area (Å²) in [7, 11) is 0. The molecule has 3 N–H and O–H groups in total. The number of nitrogens with zero attached hydrogens (tertiary/aromatic N) is 1. The molecule has 2 heterocycles. The predicted molar refractivity (Wildman–Crippen MR) is 137 cm³/mol. The predicted octanol–water partition coefficient (Wildman–Crippen LogP) is 4.11. The standard InChI is InChI=1S/C25H25ClN4O4S/c1-35(33)18-7-8-20(22(14-18)34-17-10-12-27-13-11-17)25(32)29-21-5-3-2-4-19(21)24(31)30-23-9-6-16(26)15-28-23/h2-9,14-15,17,27H,10-13H2,1H3,(H,29,32)(H,28,30,31). The number of piperidine rings is 1. The van der Waals surface area contributed by atoms with Gasteiger partial charge in [-0.3, -0.25) is 9.59 Å². The minimum Gasteiger partial charge on any atom is -0.612 e. The highest BCUT2D eigenvalue weighted by atomic mass is 35.5. The summed E-state index contributed by atoms with van der Waals surface area (Å²) < 4.78 is 18.2. The van der Waals surface area contributed by atoms with Crippen molar-refractivity contribution in [1.82, 2.24) is 10.3 Å². The lowest BCUT2D eigenvalue weighted by atomic mass is 10.1. The van der Waals surface area contributed by atoms with E-state index >= 15 is 0 Å². The molecular weight excluding hydrogens is 488 g/mol. The van der Waals surface area contributed by atoms with Crippen LogP contribution >= 0.6 is 11.6 Å². The summed E-state index contributed by atoms with van der Waals surface area (Å²) in [6.07, 6.45) is 4.58. The van der Waals surface area contributed by atoms with Crippen molar-refractivity contribution in [2.45, 2.75) is 23.8 Å². The molecule has 2 aromatic carbocycles. The van der Waals surface area contributed by atoms with Crippen LogP contribution in [0.25, 0.3) is 0 Å². The fourth-order valence-electron chi connectivity index (χ4n) is 3.67. The van der Waals surface area contributed by atoms with Gasteiger partial charge in [-0.15, -0.1) is 0 Å². The van der Waals surface area contributed by atoms with Crippen molar-refractivity contribution in [2.75, 3.05) is 30.0 Å². The van der Waals surface area contributed by atoms with Gasteiger partial charge in [-0.1, -0.05) is 23.7 Å². The molecule has 1 saturated heterocycles. The number of hydrogen-bond donors (Lipinski definition) is 3. The maximum absolute atomic E-state index is 13.3. The number of nitrogens with one attached hydrogen (secondary N) is 3. The van der Waals surface area contributed by atoms with Gasteiger partial charge in [0.05, 0.1) is 21.8 Å². The summed E-state index contributed by atoms with van der Waals surface area (Å²) in [5.74, 6) is -0.165. The topological polar surface area (TPSA) is 115 Å². The minimum atomic E-state index is -1.23. The molecule has 0 spiro atoms. The molecule has 1 aliphatic heterocycles. The van der Waals surface area contributed by atoms with E-state index in [0.29, 0.717) is 32.7 Å². The Morgan fingerprint density at radius 3 is 2.51 bits per heavy atom. The molecule has 0 bridgehead atoms. The van der Waals surface area contributed by atoms with Crippen LogP contribution in [0, 0.1) is 0 Å². The Labute approximate surface area is 211 Å². The van der Waals surface area contributed by atoms with E-state index in [1.165, 1.54) is 6.20 Å². The molecular formula is C25H25ClN4O4S. The van der Waals surface area contributed by atoms with E-state index < -0.39 is 23.0 Å². The van der Waals surface area contributed by atoms with Gasteiger partial charge in [0.1, 0.15) is 23.9 Å². The first kappa shape index (κ1) is 25.0. The van der Waals surface area contributed by atoms with Crippen molar-refractivity contribution >= 4 is 46.1 Å². The molecule has 35 heavy (non-hydrogen) atoms. The lowest BCUT2D eigenvalue weighted by molar-refractivity contribution is 0.101. The lowest BCUT2D eigenvalue weighted by Gasteiger charge is -2.25. The fourth-order valence-corrected chi connectivity index (χ4v) is 4.32. The van der Waals surface area contributed by atoms with Crippen LogP contribution in [-0.2, 0) is 11.2 Å². The third-order valence-electron chi connectivity index (χ3n) is 5.50. The second kappa shape index (κ2) is 11.5. The monoisotopic (exact) mass is 512 g/mol.